The van der Waals surface area contributed by atoms with Gasteiger partial charge in [-0.05, 0) is 41.8 Å². The van der Waals surface area contributed by atoms with Crippen LogP contribution in [-0.2, 0) is 11.2 Å². The monoisotopic (exact) mass is 317 g/mol. The van der Waals surface area contributed by atoms with E-state index in [0.29, 0.717) is 28.7 Å². The zero-order valence-electron chi connectivity index (χ0n) is 12.6. The first-order valence-electron chi connectivity index (χ1n) is 7.60. The van der Waals surface area contributed by atoms with Crippen LogP contribution in [0.4, 0.5) is 4.39 Å². The summed E-state index contributed by atoms with van der Waals surface area (Å²) in [6, 6.07) is 13.8. The lowest BCUT2D eigenvalue weighted by atomic mass is 9.72. The van der Waals surface area contributed by atoms with Crippen molar-refractivity contribution in [2.24, 2.45) is 0 Å². The van der Waals surface area contributed by atoms with Gasteiger partial charge in [0.15, 0.2) is 5.78 Å². The summed E-state index contributed by atoms with van der Waals surface area (Å²) in [7, 11) is 0. The maximum absolute atomic E-state index is 13.4. The lowest BCUT2D eigenvalue weighted by Crippen LogP contribution is -2.29. The highest BCUT2D eigenvalue weighted by molar-refractivity contribution is 5.96. The van der Waals surface area contributed by atoms with E-state index in [9.17, 15) is 14.4 Å². The average molecular weight is 317 g/mol. The molecule has 0 N–H and O–H groups in total. The molecule has 1 aromatic heterocycles. The van der Waals surface area contributed by atoms with Gasteiger partial charge in [-0.1, -0.05) is 18.2 Å². The number of hydrogen-bond donors (Lipinski definition) is 0. The summed E-state index contributed by atoms with van der Waals surface area (Å²) in [6.07, 6.45) is 2.01. The first-order valence-corrected chi connectivity index (χ1v) is 7.60. The van der Waals surface area contributed by atoms with Crippen molar-refractivity contribution < 1.29 is 9.18 Å². The summed E-state index contributed by atoms with van der Waals surface area (Å²) in [6.45, 7) is 0. The van der Waals surface area contributed by atoms with E-state index >= 15 is 0 Å². The molecule has 2 aromatic carbocycles. The predicted octanol–water partition coefficient (Wildman–Crippen LogP) is 3.29. The highest BCUT2D eigenvalue weighted by atomic mass is 19.1. The van der Waals surface area contributed by atoms with Crippen LogP contribution in [-0.4, -0.2) is 15.8 Å². The molecule has 0 spiro atoms. The Bertz CT molecular complexity index is 1010. The van der Waals surface area contributed by atoms with E-state index in [1.807, 2.05) is 24.3 Å². The first kappa shape index (κ1) is 14.5. The van der Waals surface area contributed by atoms with E-state index in [-0.39, 0.29) is 11.6 Å². The summed E-state index contributed by atoms with van der Waals surface area (Å²) < 4.78 is 13.4. The van der Waals surface area contributed by atoms with Gasteiger partial charge >= 0.3 is 0 Å². The van der Waals surface area contributed by atoms with Crippen molar-refractivity contribution in [2.75, 3.05) is 0 Å². The molecule has 5 heteroatoms. The Hall–Kier alpha value is -3.13. The van der Waals surface area contributed by atoms with Crippen LogP contribution in [0, 0.1) is 17.1 Å². The largest absolute Gasteiger partial charge is 0.297 e. The number of fused-ring (bicyclic) bond motifs is 2. The van der Waals surface area contributed by atoms with Gasteiger partial charge in [0, 0.05) is 5.92 Å². The Morgan fingerprint density at radius 3 is 2.83 bits per heavy atom. The summed E-state index contributed by atoms with van der Waals surface area (Å²) in [5.74, 6) is -2.07. The van der Waals surface area contributed by atoms with Gasteiger partial charge in [0.25, 0.3) is 0 Å². The molecule has 116 valence electrons. The number of nitriles is 1. The Morgan fingerprint density at radius 1 is 1.25 bits per heavy atom. The Morgan fingerprint density at radius 2 is 2.04 bits per heavy atom. The molecule has 0 radical (unpaired) electrons. The molecular weight excluding hydrogens is 305 g/mol. The van der Waals surface area contributed by atoms with Crippen LogP contribution in [0.1, 0.15) is 28.7 Å². The summed E-state index contributed by atoms with van der Waals surface area (Å²) >= 11 is 0. The molecule has 1 aliphatic rings. The molecule has 3 aromatic rings. The van der Waals surface area contributed by atoms with Gasteiger partial charge in [0.2, 0.25) is 0 Å². The van der Waals surface area contributed by atoms with E-state index in [2.05, 4.69) is 9.97 Å². The van der Waals surface area contributed by atoms with Gasteiger partial charge < -0.3 is 0 Å². The molecule has 1 heterocycles. The van der Waals surface area contributed by atoms with E-state index in [4.69, 9.17) is 0 Å². The molecule has 0 aliphatic heterocycles. The van der Waals surface area contributed by atoms with Crippen molar-refractivity contribution >= 4 is 16.8 Å². The van der Waals surface area contributed by atoms with Crippen LogP contribution >= 0.6 is 0 Å². The zero-order valence-corrected chi connectivity index (χ0v) is 12.6. The predicted molar refractivity (Wildman–Crippen MR) is 85.7 cm³/mol. The van der Waals surface area contributed by atoms with Crippen molar-refractivity contribution in [3.63, 3.8) is 0 Å². The highest BCUT2D eigenvalue weighted by Gasteiger charge is 2.37. The molecule has 0 saturated carbocycles. The standard InChI is InChI=1S/C19H12FN3O/c20-12-6-5-11-7-14(13(11)8-12)19(24)15(9-21)18-10-22-16-3-1-2-4-17(16)23-18/h1-6,8,10,14-15H,7H2. The maximum atomic E-state index is 13.4. The van der Waals surface area contributed by atoms with Crippen molar-refractivity contribution in [1.29, 1.82) is 5.26 Å². The Labute approximate surface area is 137 Å². The molecule has 0 bridgehead atoms. The second-order valence-corrected chi connectivity index (χ2v) is 5.85. The van der Waals surface area contributed by atoms with E-state index in [0.717, 1.165) is 5.56 Å². The Balaban J connectivity index is 1.68. The number of benzene rings is 2. The Kier molecular flexibility index (Phi) is 3.31. The number of hydrogen-bond acceptors (Lipinski definition) is 4. The van der Waals surface area contributed by atoms with Gasteiger partial charge in [-0.25, -0.2) is 9.37 Å². The summed E-state index contributed by atoms with van der Waals surface area (Å²) in [4.78, 5) is 21.4. The molecule has 24 heavy (non-hydrogen) atoms. The minimum atomic E-state index is -0.997. The molecule has 0 fully saturated rings. The number of para-hydroxylation sites is 2. The van der Waals surface area contributed by atoms with Crippen LogP contribution in [0.2, 0.25) is 0 Å². The summed E-state index contributed by atoms with van der Waals surface area (Å²) in [5, 5.41) is 9.48. The summed E-state index contributed by atoms with van der Waals surface area (Å²) in [5.41, 5.74) is 3.32. The molecule has 2 atom stereocenters. The first-order chi connectivity index (χ1) is 11.7. The minimum absolute atomic E-state index is 0.250. The number of aromatic nitrogens is 2. The fourth-order valence-corrected chi connectivity index (χ4v) is 3.12. The minimum Gasteiger partial charge on any atom is -0.297 e. The van der Waals surface area contributed by atoms with E-state index in [1.54, 1.807) is 12.1 Å². The van der Waals surface area contributed by atoms with Gasteiger partial charge in [-0.3, -0.25) is 9.78 Å². The molecule has 2 unspecified atom stereocenters. The maximum Gasteiger partial charge on any atom is 0.163 e. The third-order valence-electron chi connectivity index (χ3n) is 4.43. The van der Waals surface area contributed by atoms with Crippen molar-refractivity contribution in [3.05, 3.63) is 71.3 Å². The quantitative estimate of drug-likeness (QED) is 0.743. The normalized spacial score (nSPS) is 16.8. The number of nitrogens with zero attached hydrogens (tertiary/aromatic N) is 3. The molecule has 0 saturated heterocycles. The average Bonchev–Trinajstić information content (AvgIpc) is 2.58. The SMILES string of the molecule is N#CC(C(=O)C1Cc2ccc(F)cc21)c1cnc2ccccc2n1. The number of carbonyl (C=O) groups excluding carboxylic acids is 1. The van der Waals surface area contributed by atoms with Crippen molar-refractivity contribution in [2.45, 2.75) is 18.3 Å². The topological polar surface area (TPSA) is 66.6 Å². The third-order valence-corrected chi connectivity index (χ3v) is 4.43. The third kappa shape index (κ3) is 2.24. The fourth-order valence-electron chi connectivity index (χ4n) is 3.12. The highest BCUT2D eigenvalue weighted by Crippen LogP contribution is 2.39. The number of halogens is 1. The second-order valence-electron chi connectivity index (χ2n) is 5.85. The van der Waals surface area contributed by atoms with Crippen molar-refractivity contribution in [1.82, 2.24) is 9.97 Å². The molecule has 4 nitrogen and oxygen atoms in total. The van der Waals surface area contributed by atoms with Gasteiger partial charge in [-0.2, -0.15) is 5.26 Å². The molecule has 4 rings (SSSR count). The second kappa shape index (κ2) is 5.50. The number of rotatable bonds is 3. The van der Waals surface area contributed by atoms with Crippen LogP contribution < -0.4 is 0 Å². The van der Waals surface area contributed by atoms with E-state index in [1.165, 1.54) is 18.3 Å². The van der Waals surface area contributed by atoms with Crippen molar-refractivity contribution in [3.8, 4) is 6.07 Å². The number of carbonyl (C=O) groups is 1. The smallest absolute Gasteiger partial charge is 0.163 e. The lowest BCUT2D eigenvalue weighted by Gasteiger charge is -2.30. The molecular formula is C19H12FN3O. The van der Waals surface area contributed by atoms with Crippen LogP contribution in [0.3, 0.4) is 0 Å². The van der Waals surface area contributed by atoms with E-state index < -0.39 is 11.8 Å². The van der Waals surface area contributed by atoms with Crippen LogP contribution in [0.15, 0.2) is 48.7 Å². The number of Topliss-reactive ketones (excluding diaryl/α,β-unsaturated/α-hetero) is 1. The molecule has 0 amide bonds. The van der Waals surface area contributed by atoms with Crippen LogP contribution in [0.25, 0.3) is 11.0 Å². The fraction of sp³-hybridized carbons (Fsp3) is 0.158. The number of ketones is 1. The van der Waals surface area contributed by atoms with Crippen LogP contribution in [0.5, 0.6) is 0 Å². The lowest BCUT2D eigenvalue weighted by molar-refractivity contribution is -0.121. The van der Waals surface area contributed by atoms with Gasteiger partial charge in [0.1, 0.15) is 11.7 Å². The molecule has 1 aliphatic carbocycles. The zero-order chi connectivity index (χ0) is 16.7. The van der Waals surface area contributed by atoms with Gasteiger partial charge in [0.05, 0.1) is 29.0 Å². The van der Waals surface area contributed by atoms with Gasteiger partial charge in [-0.15, -0.1) is 0 Å².